The standard InChI is InChI=1S/C21H22FNO5/c22-17-11-23(12-18(24)27-13-15-7-3-1-4-8-15)19(20(17)25)21(26)28-14-16-9-5-2-6-10-16/h1-10,17,19-20,25H,11-14H2/t17-,19-,20+/m0/s1. The van der Waals surface area contributed by atoms with Crippen LogP contribution in [0.3, 0.4) is 0 Å². The van der Waals surface area contributed by atoms with Crippen molar-refractivity contribution in [3.05, 3.63) is 71.8 Å². The van der Waals surface area contributed by atoms with Crippen molar-refractivity contribution in [1.82, 2.24) is 4.90 Å². The molecule has 1 heterocycles. The number of hydrogen-bond acceptors (Lipinski definition) is 6. The van der Waals surface area contributed by atoms with Gasteiger partial charge in [-0.25, -0.2) is 4.39 Å². The second-order valence-corrected chi connectivity index (χ2v) is 6.62. The highest BCUT2D eigenvalue weighted by atomic mass is 19.1. The van der Waals surface area contributed by atoms with E-state index in [2.05, 4.69) is 0 Å². The Morgan fingerprint density at radius 1 is 0.964 bits per heavy atom. The lowest BCUT2D eigenvalue weighted by molar-refractivity contribution is -0.156. The van der Waals surface area contributed by atoms with E-state index >= 15 is 0 Å². The highest BCUT2D eigenvalue weighted by Crippen LogP contribution is 2.23. The Bertz CT molecular complexity index is 786. The fourth-order valence-electron chi connectivity index (χ4n) is 3.07. The number of aliphatic hydroxyl groups excluding tert-OH is 1. The van der Waals surface area contributed by atoms with E-state index in [0.29, 0.717) is 0 Å². The van der Waals surface area contributed by atoms with Crippen LogP contribution in [-0.4, -0.2) is 53.4 Å². The number of hydrogen-bond donors (Lipinski definition) is 1. The highest BCUT2D eigenvalue weighted by Gasteiger charge is 2.47. The smallest absolute Gasteiger partial charge is 0.326 e. The minimum atomic E-state index is -1.64. The number of carbonyl (C=O) groups is 2. The molecule has 7 heteroatoms. The number of esters is 2. The average Bonchev–Trinajstić information content (AvgIpc) is 2.99. The van der Waals surface area contributed by atoms with Crippen molar-refractivity contribution in [2.75, 3.05) is 13.1 Å². The van der Waals surface area contributed by atoms with Gasteiger partial charge in [0.25, 0.3) is 0 Å². The van der Waals surface area contributed by atoms with Gasteiger partial charge >= 0.3 is 11.9 Å². The molecule has 0 radical (unpaired) electrons. The Hall–Kier alpha value is -2.77. The first kappa shape index (κ1) is 20.0. The first-order valence-corrected chi connectivity index (χ1v) is 9.01. The summed E-state index contributed by atoms with van der Waals surface area (Å²) < 4.78 is 24.4. The molecule has 0 unspecified atom stereocenters. The Morgan fingerprint density at radius 2 is 1.50 bits per heavy atom. The van der Waals surface area contributed by atoms with Gasteiger partial charge in [-0.05, 0) is 11.1 Å². The van der Waals surface area contributed by atoms with Gasteiger partial charge in [0, 0.05) is 6.54 Å². The third-order valence-corrected chi connectivity index (χ3v) is 4.54. The molecule has 2 aromatic carbocycles. The SMILES string of the molecule is O=C(CN1C[C@H](F)[C@@H](O)[C@H]1C(=O)OCc1ccccc1)OCc1ccccc1. The van der Waals surface area contributed by atoms with Gasteiger partial charge in [0.1, 0.15) is 31.5 Å². The highest BCUT2D eigenvalue weighted by molar-refractivity contribution is 5.79. The summed E-state index contributed by atoms with van der Waals surface area (Å²) in [5, 5.41) is 10.0. The molecular weight excluding hydrogens is 365 g/mol. The van der Waals surface area contributed by atoms with Crippen LogP contribution in [0.5, 0.6) is 0 Å². The van der Waals surface area contributed by atoms with Crippen molar-refractivity contribution in [2.24, 2.45) is 0 Å². The van der Waals surface area contributed by atoms with Crippen molar-refractivity contribution in [3.63, 3.8) is 0 Å². The first-order chi connectivity index (χ1) is 13.5. The van der Waals surface area contributed by atoms with Gasteiger partial charge in [-0.3, -0.25) is 14.5 Å². The van der Waals surface area contributed by atoms with E-state index in [1.165, 1.54) is 4.90 Å². The van der Waals surface area contributed by atoms with E-state index in [4.69, 9.17) is 9.47 Å². The van der Waals surface area contributed by atoms with Crippen LogP contribution in [0.1, 0.15) is 11.1 Å². The van der Waals surface area contributed by atoms with Crippen LogP contribution in [0.15, 0.2) is 60.7 Å². The maximum atomic E-state index is 14.0. The first-order valence-electron chi connectivity index (χ1n) is 9.01. The summed E-state index contributed by atoms with van der Waals surface area (Å²) in [6, 6.07) is 16.9. The molecule has 0 aromatic heterocycles. The molecule has 1 fully saturated rings. The van der Waals surface area contributed by atoms with E-state index in [1.54, 1.807) is 24.3 Å². The number of alkyl halides is 1. The summed E-state index contributed by atoms with van der Waals surface area (Å²) in [6.45, 7) is -0.466. The second kappa shape index (κ2) is 9.43. The van der Waals surface area contributed by atoms with E-state index in [1.807, 2.05) is 36.4 Å². The molecule has 6 nitrogen and oxygen atoms in total. The molecule has 0 spiro atoms. The van der Waals surface area contributed by atoms with Crippen LogP contribution in [-0.2, 0) is 32.3 Å². The molecule has 1 saturated heterocycles. The normalized spacial score (nSPS) is 22.0. The molecular formula is C21H22FNO5. The Kier molecular flexibility index (Phi) is 6.73. The van der Waals surface area contributed by atoms with Gasteiger partial charge < -0.3 is 14.6 Å². The Labute approximate surface area is 162 Å². The van der Waals surface area contributed by atoms with Gasteiger partial charge in [-0.1, -0.05) is 60.7 Å². The van der Waals surface area contributed by atoms with Gasteiger partial charge in [0.2, 0.25) is 0 Å². The summed E-state index contributed by atoms with van der Waals surface area (Å²) in [7, 11) is 0. The summed E-state index contributed by atoms with van der Waals surface area (Å²) >= 11 is 0. The van der Waals surface area contributed by atoms with E-state index in [0.717, 1.165) is 11.1 Å². The number of aliphatic hydroxyl groups is 1. The second-order valence-electron chi connectivity index (χ2n) is 6.62. The number of benzene rings is 2. The van der Waals surface area contributed by atoms with Crippen molar-refractivity contribution >= 4 is 11.9 Å². The number of rotatable bonds is 7. The maximum absolute atomic E-state index is 14.0. The third-order valence-electron chi connectivity index (χ3n) is 4.54. The van der Waals surface area contributed by atoms with Crippen molar-refractivity contribution in [3.8, 4) is 0 Å². The van der Waals surface area contributed by atoms with Crippen LogP contribution in [0.25, 0.3) is 0 Å². The fraction of sp³-hybridized carbons (Fsp3) is 0.333. The maximum Gasteiger partial charge on any atom is 0.326 e. The van der Waals surface area contributed by atoms with Gasteiger partial charge in [-0.15, -0.1) is 0 Å². The van der Waals surface area contributed by atoms with Crippen LogP contribution in [0.4, 0.5) is 4.39 Å². The van der Waals surface area contributed by atoms with Crippen molar-refractivity contribution in [2.45, 2.75) is 31.5 Å². The lowest BCUT2D eigenvalue weighted by Gasteiger charge is -2.23. The third kappa shape index (κ3) is 5.15. The lowest BCUT2D eigenvalue weighted by atomic mass is 10.1. The molecule has 148 valence electrons. The van der Waals surface area contributed by atoms with Crippen LogP contribution >= 0.6 is 0 Å². The van der Waals surface area contributed by atoms with Crippen molar-refractivity contribution in [1.29, 1.82) is 0 Å². The zero-order valence-corrected chi connectivity index (χ0v) is 15.2. The molecule has 0 aliphatic carbocycles. The Balaban J connectivity index is 1.55. The molecule has 1 aliphatic rings. The lowest BCUT2D eigenvalue weighted by Crippen LogP contribution is -2.45. The summed E-state index contributed by atoms with van der Waals surface area (Å²) in [4.78, 5) is 25.8. The van der Waals surface area contributed by atoms with Gasteiger partial charge in [-0.2, -0.15) is 0 Å². The molecule has 0 bridgehead atoms. The molecule has 28 heavy (non-hydrogen) atoms. The monoisotopic (exact) mass is 387 g/mol. The van der Waals surface area contributed by atoms with Crippen LogP contribution in [0.2, 0.25) is 0 Å². The fourth-order valence-corrected chi connectivity index (χ4v) is 3.07. The molecule has 3 rings (SSSR count). The predicted molar refractivity (Wildman–Crippen MR) is 98.7 cm³/mol. The van der Waals surface area contributed by atoms with Gasteiger partial charge in [0.15, 0.2) is 0 Å². The average molecular weight is 387 g/mol. The largest absolute Gasteiger partial charge is 0.460 e. The number of carbonyl (C=O) groups excluding carboxylic acids is 2. The van der Waals surface area contributed by atoms with Crippen LogP contribution < -0.4 is 0 Å². The topological polar surface area (TPSA) is 76.1 Å². The number of halogens is 1. The number of likely N-dealkylation sites (tertiary alicyclic amines) is 1. The summed E-state index contributed by atoms with van der Waals surface area (Å²) in [5.74, 6) is -1.38. The van der Waals surface area contributed by atoms with Gasteiger partial charge in [0.05, 0.1) is 6.54 Å². The molecule has 2 aromatic rings. The van der Waals surface area contributed by atoms with E-state index in [9.17, 15) is 19.1 Å². The van der Waals surface area contributed by atoms with Crippen LogP contribution in [0, 0.1) is 0 Å². The zero-order valence-electron chi connectivity index (χ0n) is 15.2. The molecule has 3 atom stereocenters. The van der Waals surface area contributed by atoms with Crippen molar-refractivity contribution < 1.29 is 28.6 Å². The number of nitrogens with zero attached hydrogens (tertiary/aromatic N) is 1. The molecule has 0 amide bonds. The molecule has 1 N–H and O–H groups in total. The summed E-state index contributed by atoms with van der Waals surface area (Å²) in [6.07, 6.45) is -3.19. The minimum absolute atomic E-state index is 0.00609. The summed E-state index contributed by atoms with van der Waals surface area (Å²) in [5.41, 5.74) is 1.59. The van der Waals surface area contributed by atoms with E-state index in [-0.39, 0.29) is 26.3 Å². The predicted octanol–water partition coefficient (Wildman–Crippen LogP) is 1.86. The molecule has 1 aliphatic heterocycles. The quantitative estimate of drug-likeness (QED) is 0.731. The number of ether oxygens (including phenoxy) is 2. The Morgan fingerprint density at radius 3 is 2.07 bits per heavy atom. The minimum Gasteiger partial charge on any atom is -0.460 e. The zero-order chi connectivity index (χ0) is 19.9. The van der Waals surface area contributed by atoms with E-state index < -0.39 is 30.3 Å². The molecule has 0 saturated carbocycles.